The molecule has 0 saturated carbocycles. The van der Waals surface area contributed by atoms with Gasteiger partial charge in [-0.2, -0.15) is 0 Å². The van der Waals surface area contributed by atoms with E-state index in [2.05, 4.69) is 38.1 Å². The number of anilines is 1. The summed E-state index contributed by atoms with van der Waals surface area (Å²) in [6.45, 7) is 2.03. The molecule has 3 N–H and O–H groups in total. The fraction of sp³-hybridized carbons (Fsp3) is 0.429. The van der Waals surface area contributed by atoms with Crippen LogP contribution >= 0.6 is 0 Å². The molecule has 1 aliphatic heterocycles. The molecule has 1 fully saturated rings. The van der Waals surface area contributed by atoms with Crippen molar-refractivity contribution in [1.29, 1.82) is 0 Å². The van der Waals surface area contributed by atoms with Gasteiger partial charge in [-0.25, -0.2) is 14.8 Å². The molecule has 2 aliphatic rings. The van der Waals surface area contributed by atoms with Gasteiger partial charge in [0.25, 0.3) is 5.91 Å². The monoisotopic (exact) mass is 395 g/mol. The first kappa shape index (κ1) is 19.3. The molecule has 1 aromatic carbocycles. The Morgan fingerprint density at radius 2 is 1.72 bits per heavy atom. The molecule has 0 radical (unpaired) electrons. The van der Waals surface area contributed by atoms with Crippen LogP contribution in [0, 0.1) is 5.92 Å². The van der Waals surface area contributed by atoms with E-state index in [4.69, 9.17) is 4.74 Å². The molecule has 152 valence electrons. The molecule has 0 spiro atoms. The number of fused-ring (bicyclic) bond motifs is 1. The number of hydrogen-bond acceptors (Lipinski definition) is 5. The Bertz CT molecular complexity index is 857. The van der Waals surface area contributed by atoms with Crippen molar-refractivity contribution >= 4 is 17.8 Å². The lowest BCUT2D eigenvalue weighted by molar-refractivity contribution is 0.0671. The van der Waals surface area contributed by atoms with E-state index in [1.165, 1.54) is 23.5 Å². The predicted molar refractivity (Wildman–Crippen MR) is 108 cm³/mol. The van der Waals surface area contributed by atoms with Gasteiger partial charge < -0.3 is 15.4 Å². The summed E-state index contributed by atoms with van der Waals surface area (Å²) in [5, 5.41) is 8.52. The van der Waals surface area contributed by atoms with Gasteiger partial charge in [0.2, 0.25) is 0 Å². The fourth-order valence-corrected chi connectivity index (χ4v) is 3.85. The third-order valence-electron chi connectivity index (χ3n) is 5.42. The van der Waals surface area contributed by atoms with E-state index in [-0.39, 0.29) is 29.5 Å². The van der Waals surface area contributed by atoms with Crippen LogP contribution < -0.4 is 16.0 Å². The van der Waals surface area contributed by atoms with Gasteiger partial charge in [0.15, 0.2) is 11.5 Å². The predicted octanol–water partition coefficient (Wildman–Crippen LogP) is 1.92. The van der Waals surface area contributed by atoms with E-state index in [9.17, 15) is 9.59 Å². The second-order valence-corrected chi connectivity index (χ2v) is 7.49. The van der Waals surface area contributed by atoms with Crippen molar-refractivity contribution < 1.29 is 14.3 Å². The second-order valence-electron chi connectivity index (χ2n) is 7.49. The first-order valence-corrected chi connectivity index (χ1v) is 10.0. The second kappa shape index (κ2) is 9.00. The minimum atomic E-state index is -0.390. The van der Waals surface area contributed by atoms with Crippen molar-refractivity contribution in [3.05, 3.63) is 53.5 Å². The third-order valence-corrected chi connectivity index (χ3v) is 5.42. The van der Waals surface area contributed by atoms with Gasteiger partial charge in [0.1, 0.15) is 0 Å². The summed E-state index contributed by atoms with van der Waals surface area (Å²) in [6, 6.07) is 7.80. The highest BCUT2D eigenvalue weighted by Gasteiger charge is 2.25. The zero-order chi connectivity index (χ0) is 20.1. The molecule has 0 unspecified atom stereocenters. The Kier molecular flexibility index (Phi) is 6.00. The van der Waals surface area contributed by atoms with Crippen molar-refractivity contribution in [2.75, 3.05) is 25.1 Å². The summed E-state index contributed by atoms with van der Waals surface area (Å²) >= 11 is 0. The summed E-state index contributed by atoms with van der Waals surface area (Å²) in [6.07, 6.45) is 6.35. The van der Waals surface area contributed by atoms with Gasteiger partial charge in [0, 0.05) is 38.2 Å². The molecule has 0 atom stereocenters. The van der Waals surface area contributed by atoms with Gasteiger partial charge in [-0.3, -0.25) is 10.1 Å². The zero-order valence-corrected chi connectivity index (χ0v) is 16.2. The molecule has 29 heavy (non-hydrogen) atoms. The molecule has 1 aliphatic carbocycles. The van der Waals surface area contributed by atoms with Gasteiger partial charge in [-0.15, -0.1) is 0 Å². The van der Waals surface area contributed by atoms with Gasteiger partial charge in [-0.1, -0.05) is 24.3 Å². The zero-order valence-electron chi connectivity index (χ0n) is 16.2. The number of benzene rings is 1. The van der Waals surface area contributed by atoms with Crippen LogP contribution in [0.5, 0.6) is 0 Å². The fourth-order valence-electron chi connectivity index (χ4n) is 3.85. The van der Waals surface area contributed by atoms with E-state index < -0.39 is 0 Å². The van der Waals surface area contributed by atoms with Crippen molar-refractivity contribution in [1.82, 2.24) is 20.6 Å². The minimum absolute atomic E-state index is 0.0112. The maximum Gasteiger partial charge on any atom is 0.320 e. The van der Waals surface area contributed by atoms with Crippen LogP contribution in [0.3, 0.4) is 0 Å². The van der Waals surface area contributed by atoms with Crippen molar-refractivity contribution in [2.24, 2.45) is 5.92 Å². The maximum absolute atomic E-state index is 12.8. The molecule has 0 bridgehead atoms. The minimum Gasteiger partial charge on any atom is -0.381 e. The first-order chi connectivity index (χ1) is 14.2. The van der Waals surface area contributed by atoms with Gasteiger partial charge >= 0.3 is 6.03 Å². The smallest absolute Gasteiger partial charge is 0.320 e. The summed E-state index contributed by atoms with van der Waals surface area (Å²) in [5.41, 5.74) is 2.62. The average molecular weight is 395 g/mol. The largest absolute Gasteiger partial charge is 0.381 e. The third kappa shape index (κ3) is 4.89. The molecule has 8 nitrogen and oxygen atoms in total. The van der Waals surface area contributed by atoms with Crippen LogP contribution in [0.1, 0.15) is 34.5 Å². The topological polar surface area (TPSA) is 105 Å². The van der Waals surface area contributed by atoms with Gasteiger partial charge in [-0.05, 0) is 42.7 Å². The van der Waals surface area contributed by atoms with Gasteiger partial charge in [0.05, 0.1) is 0 Å². The van der Waals surface area contributed by atoms with Crippen molar-refractivity contribution in [3.63, 3.8) is 0 Å². The Morgan fingerprint density at radius 1 is 1.03 bits per heavy atom. The Balaban J connectivity index is 1.34. The van der Waals surface area contributed by atoms with Crippen molar-refractivity contribution in [3.8, 4) is 0 Å². The molecular weight excluding hydrogens is 370 g/mol. The lowest BCUT2D eigenvalue weighted by Crippen LogP contribution is -2.38. The van der Waals surface area contributed by atoms with Crippen LogP contribution in [-0.4, -0.2) is 47.7 Å². The van der Waals surface area contributed by atoms with E-state index in [1.807, 2.05) is 12.1 Å². The summed E-state index contributed by atoms with van der Waals surface area (Å²) in [7, 11) is 0. The quantitative estimate of drug-likeness (QED) is 0.717. The van der Waals surface area contributed by atoms with Crippen LogP contribution in [0.25, 0.3) is 0 Å². The number of ether oxygens (including phenoxy) is 1. The number of urea groups is 1. The standard InChI is InChI=1S/C21H25N5O3/c27-20(25-17-11-15-3-1-2-4-16(15)12-17)18-19(23-8-7-22-18)26-21(28)24-13-14-5-9-29-10-6-14/h1-4,7-8,14,17H,5-6,9-13H2,(H,25,27)(H2,23,24,26,28). The van der Waals surface area contributed by atoms with Crippen molar-refractivity contribution in [2.45, 2.75) is 31.7 Å². The van der Waals surface area contributed by atoms with Crippen LogP contribution in [0.15, 0.2) is 36.7 Å². The lowest BCUT2D eigenvalue weighted by atomic mass is 10.0. The summed E-state index contributed by atoms with van der Waals surface area (Å²) < 4.78 is 5.33. The number of nitrogens with one attached hydrogen (secondary N) is 3. The molecule has 1 aromatic heterocycles. The number of aromatic nitrogens is 2. The molecular formula is C21H25N5O3. The number of nitrogens with zero attached hydrogens (tertiary/aromatic N) is 2. The number of amides is 3. The van der Waals surface area contributed by atoms with E-state index >= 15 is 0 Å². The normalized spacial score (nSPS) is 16.8. The molecule has 1 saturated heterocycles. The summed E-state index contributed by atoms with van der Waals surface area (Å²) in [4.78, 5) is 33.3. The Labute approximate surface area is 169 Å². The van der Waals surface area contributed by atoms with Crippen LogP contribution in [0.2, 0.25) is 0 Å². The maximum atomic E-state index is 12.8. The Morgan fingerprint density at radius 3 is 2.45 bits per heavy atom. The number of carbonyl (C=O) groups excluding carboxylic acids is 2. The highest BCUT2D eigenvalue weighted by molar-refractivity contribution is 6.00. The summed E-state index contributed by atoms with van der Waals surface area (Å²) in [5.74, 6) is 0.226. The number of hydrogen-bond donors (Lipinski definition) is 3. The van der Waals surface area contributed by atoms with E-state index in [1.54, 1.807) is 0 Å². The highest BCUT2D eigenvalue weighted by Crippen LogP contribution is 2.22. The molecule has 2 heterocycles. The van der Waals surface area contributed by atoms with Crippen LogP contribution in [0.4, 0.5) is 10.6 Å². The van der Waals surface area contributed by atoms with Crippen LogP contribution in [-0.2, 0) is 17.6 Å². The lowest BCUT2D eigenvalue weighted by Gasteiger charge is -2.22. The number of carbonyl (C=O) groups is 2. The molecule has 8 heteroatoms. The SMILES string of the molecule is O=C(NCC1CCOCC1)Nc1nccnc1C(=O)NC1Cc2ccccc2C1. The Hall–Kier alpha value is -3.00. The van der Waals surface area contributed by atoms with E-state index in [0.717, 1.165) is 38.9 Å². The molecule has 4 rings (SSSR count). The highest BCUT2D eigenvalue weighted by atomic mass is 16.5. The number of rotatable bonds is 5. The molecule has 2 aromatic rings. The average Bonchev–Trinajstić information content (AvgIpc) is 3.15. The molecule has 3 amide bonds. The van der Waals surface area contributed by atoms with E-state index in [0.29, 0.717) is 12.5 Å². The first-order valence-electron chi connectivity index (χ1n) is 10.0.